The Morgan fingerprint density at radius 1 is 1.30 bits per heavy atom. The highest BCUT2D eigenvalue weighted by Crippen LogP contribution is 2.20. The van der Waals surface area contributed by atoms with Gasteiger partial charge in [-0.15, -0.1) is 0 Å². The van der Waals surface area contributed by atoms with Crippen LogP contribution in [0.5, 0.6) is 0 Å². The monoisotopic (exact) mass is 286 g/mol. The Hall–Kier alpha value is -2.18. The molecule has 5 nitrogen and oxygen atoms in total. The van der Waals surface area contributed by atoms with Crippen LogP contribution >= 0.6 is 0 Å². The number of urea groups is 1. The quantitative estimate of drug-likeness (QED) is 0.778. The van der Waals surface area contributed by atoms with Gasteiger partial charge in [-0.05, 0) is 25.5 Å². The zero-order valence-corrected chi connectivity index (χ0v) is 11.2. The number of hydrogen-bond donors (Lipinski definition) is 3. The van der Waals surface area contributed by atoms with Crippen LogP contribution in [0.4, 0.5) is 19.3 Å². The largest absolute Gasteiger partial charge is 0.481 e. The number of halogens is 2. The van der Waals surface area contributed by atoms with Crippen molar-refractivity contribution in [3.8, 4) is 0 Å². The molecule has 3 N–H and O–H groups in total. The first-order chi connectivity index (χ1) is 9.28. The summed E-state index contributed by atoms with van der Waals surface area (Å²) < 4.78 is 25.6. The van der Waals surface area contributed by atoms with Crippen molar-refractivity contribution in [3.63, 3.8) is 0 Å². The SMILES string of the molecule is CCC(C)(CNC(=O)Nc1ccc(F)c(F)c1)C(=O)O. The Morgan fingerprint density at radius 2 is 1.95 bits per heavy atom. The summed E-state index contributed by atoms with van der Waals surface area (Å²) in [6, 6.07) is 2.24. The lowest BCUT2D eigenvalue weighted by Crippen LogP contribution is -2.42. The van der Waals surface area contributed by atoms with Crippen molar-refractivity contribution in [2.24, 2.45) is 5.41 Å². The van der Waals surface area contributed by atoms with Gasteiger partial charge in [-0.2, -0.15) is 0 Å². The highest BCUT2D eigenvalue weighted by atomic mass is 19.2. The Morgan fingerprint density at radius 3 is 2.45 bits per heavy atom. The van der Waals surface area contributed by atoms with Gasteiger partial charge < -0.3 is 15.7 Å². The lowest BCUT2D eigenvalue weighted by molar-refractivity contribution is -0.147. The molecule has 0 aliphatic carbocycles. The van der Waals surface area contributed by atoms with Crippen LogP contribution in [0.2, 0.25) is 0 Å². The number of hydrogen-bond acceptors (Lipinski definition) is 2. The van der Waals surface area contributed by atoms with Crippen molar-refractivity contribution >= 4 is 17.7 Å². The lowest BCUT2D eigenvalue weighted by atomic mass is 9.88. The summed E-state index contributed by atoms with van der Waals surface area (Å²) in [7, 11) is 0. The molecule has 0 bridgehead atoms. The zero-order valence-electron chi connectivity index (χ0n) is 11.2. The molecule has 1 unspecified atom stereocenters. The standard InChI is InChI=1S/C13H16F2N2O3/c1-3-13(2,11(18)19)7-16-12(20)17-8-4-5-9(14)10(15)6-8/h4-6H,3,7H2,1-2H3,(H,18,19)(H2,16,17,20). The van der Waals surface area contributed by atoms with Crippen LogP contribution in [0.3, 0.4) is 0 Å². The van der Waals surface area contributed by atoms with E-state index in [1.807, 2.05) is 0 Å². The van der Waals surface area contributed by atoms with Gasteiger partial charge in [0.25, 0.3) is 0 Å². The highest BCUT2D eigenvalue weighted by molar-refractivity contribution is 5.89. The van der Waals surface area contributed by atoms with Crippen molar-refractivity contribution in [3.05, 3.63) is 29.8 Å². The van der Waals surface area contributed by atoms with E-state index >= 15 is 0 Å². The predicted octanol–water partition coefficient (Wildman–Crippen LogP) is 2.59. The molecule has 1 rings (SSSR count). The molecule has 0 aromatic heterocycles. The molecule has 110 valence electrons. The molecule has 0 heterocycles. The van der Waals surface area contributed by atoms with Crippen LogP contribution in [0.1, 0.15) is 20.3 Å². The maximum Gasteiger partial charge on any atom is 0.319 e. The van der Waals surface area contributed by atoms with Crippen LogP contribution in [-0.4, -0.2) is 23.7 Å². The minimum absolute atomic E-state index is 0.0751. The van der Waals surface area contributed by atoms with Crippen LogP contribution in [0.25, 0.3) is 0 Å². The maximum atomic E-state index is 12.9. The molecule has 7 heteroatoms. The van der Waals surface area contributed by atoms with Gasteiger partial charge in [-0.3, -0.25) is 4.79 Å². The second-order valence-electron chi connectivity index (χ2n) is 4.66. The van der Waals surface area contributed by atoms with E-state index in [2.05, 4.69) is 10.6 Å². The first kappa shape index (κ1) is 15.9. The van der Waals surface area contributed by atoms with Gasteiger partial charge in [-0.25, -0.2) is 13.6 Å². The molecule has 0 aliphatic heterocycles. The molecule has 1 atom stereocenters. The van der Waals surface area contributed by atoms with Gasteiger partial charge in [0.05, 0.1) is 5.41 Å². The van der Waals surface area contributed by atoms with Crippen LogP contribution in [0, 0.1) is 17.0 Å². The second kappa shape index (κ2) is 6.31. The number of carbonyl (C=O) groups excluding carboxylic acids is 1. The van der Waals surface area contributed by atoms with E-state index in [1.165, 1.54) is 13.0 Å². The number of anilines is 1. The first-order valence-corrected chi connectivity index (χ1v) is 6.02. The van der Waals surface area contributed by atoms with Crippen molar-refractivity contribution in [1.29, 1.82) is 0 Å². The zero-order chi connectivity index (χ0) is 15.3. The number of carboxylic acids is 1. The van der Waals surface area contributed by atoms with E-state index in [9.17, 15) is 18.4 Å². The van der Waals surface area contributed by atoms with Crippen molar-refractivity contribution in [1.82, 2.24) is 5.32 Å². The van der Waals surface area contributed by atoms with Crippen molar-refractivity contribution in [2.75, 3.05) is 11.9 Å². The Labute approximate surface area is 115 Å². The molecule has 0 radical (unpaired) electrons. The van der Waals surface area contributed by atoms with E-state index in [1.54, 1.807) is 6.92 Å². The van der Waals surface area contributed by atoms with Gasteiger partial charge in [0.15, 0.2) is 11.6 Å². The molecule has 0 aliphatic rings. The summed E-state index contributed by atoms with van der Waals surface area (Å²) in [5, 5.41) is 13.7. The average molecular weight is 286 g/mol. The van der Waals surface area contributed by atoms with Gasteiger partial charge in [-0.1, -0.05) is 6.92 Å². The third-order valence-corrected chi connectivity index (χ3v) is 3.11. The number of rotatable bonds is 5. The molecule has 0 fully saturated rings. The molecule has 1 aromatic rings. The van der Waals surface area contributed by atoms with Crippen LogP contribution in [-0.2, 0) is 4.79 Å². The van der Waals surface area contributed by atoms with Gasteiger partial charge in [0, 0.05) is 18.3 Å². The number of amides is 2. The minimum atomic E-state index is -1.08. The highest BCUT2D eigenvalue weighted by Gasteiger charge is 2.31. The number of carboxylic acid groups (broad SMARTS) is 1. The summed E-state index contributed by atoms with van der Waals surface area (Å²) >= 11 is 0. The third-order valence-electron chi connectivity index (χ3n) is 3.11. The molecule has 20 heavy (non-hydrogen) atoms. The molecule has 0 saturated heterocycles. The molecular formula is C13H16F2N2O3. The maximum absolute atomic E-state index is 12.9. The molecule has 0 saturated carbocycles. The summed E-state index contributed by atoms with van der Waals surface area (Å²) in [6.07, 6.45) is 0.341. The first-order valence-electron chi connectivity index (χ1n) is 6.02. The minimum Gasteiger partial charge on any atom is -0.481 e. The topological polar surface area (TPSA) is 78.4 Å². The summed E-state index contributed by atoms with van der Waals surface area (Å²) in [6.45, 7) is 3.13. The smallest absolute Gasteiger partial charge is 0.319 e. The molecule has 1 aromatic carbocycles. The van der Waals surface area contributed by atoms with E-state index < -0.39 is 29.0 Å². The van der Waals surface area contributed by atoms with Crippen molar-refractivity contribution in [2.45, 2.75) is 20.3 Å². The fourth-order valence-electron chi connectivity index (χ4n) is 1.38. The molecule has 2 amide bonds. The normalized spacial score (nSPS) is 13.4. The number of nitrogens with one attached hydrogen (secondary N) is 2. The van der Waals surface area contributed by atoms with Crippen molar-refractivity contribution < 1.29 is 23.5 Å². The molecular weight excluding hydrogens is 270 g/mol. The summed E-state index contributed by atoms with van der Waals surface area (Å²) in [4.78, 5) is 22.6. The lowest BCUT2D eigenvalue weighted by Gasteiger charge is -2.23. The fraction of sp³-hybridized carbons (Fsp3) is 0.385. The molecule has 0 spiro atoms. The third kappa shape index (κ3) is 3.91. The van der Waals surface area contributed by atoms with E-state index in [0.717, 1.165) is 12.1 Å². The van der Waals surface area contributed by atoms with Gasteiger partial charge in [0.1, 0.15) is 0 Å². The predicted molar refractivity (Wildman–Crippen MR) is 69.4 cm³/mol. The Bertz CT molecular complexity index is 522. The van der Waals surface area contributed by atoms with Gasteiger partial charge >= 0.3 is 12.0 Å². The average Bonchev–Trinajstić information content (AvgIpc) is 2.40. The van der Waals surface area contributed by atoms with E-state index in [0.29, 0.717) is 6.42 Å². The van der Waals surface area contributed by atoms with Crippen LogP contribution in [0.15, 0.2) is 18.2 Å². The van der Waals surface area contributed by atoms with E-state index in [-0.39, 0.29) is 12.2 Å². The Balaban J connectivity index is 2.60. The fourth-order valence-corrected chi connectivity index (χ4v) is 1.38. The Kier molecular flexibility index (Phi) is 5.01. The number of carbonyl (C=O) groups is 2. The van der Waals surface area contributed by atoms with Gasteiger partial charge in [0.2, 0.25) is 0 Å². The number of aliphatic carboxylic acids is 1. The summed E-state index contributed by atoms with van der Waals surface area (Å²) in [5.74, 6) is -3.11. The van der Waals surface area contributed by atoms with Crippen LogP contribution < -0.4 is 10.6 Å². The summed E-state index contributed by atoms with van der Waals surface area (Å²) in [5.41, 5.74) is -0.999. The number of benzene rings is 1. The second-order valence-corrected chi connectivity index (χ2v) is 4.66. The van der Waals surface area contributed by atoms with E-state index in [4.69, 9.17) is 5.11 Å².